The number of likely N-dealkylation sites (tertiary alicyclic amines) is 1. The van der Waals surface area contributed by atoms with Crippen molar-refractivity contribution >= 4 is 57.2 Å². The highest BCUT2D eigenvalue weighted by Gasteiger charge is 2.24. The Balaban J connectivity index is 0.00000392. The molecule has 28 heavy (non-hydrogen) atoms. The number of piperidine rings is 1. The second-order valence-corrected chi connectivity index (χ2v) is 9.76. The molecule has 0 aromatic carbocycles. The number of sulfonamides is 1. The summed E-state index contributed by atoms with van der Waals surface area (Å²) in [5.74, 6) is 1.27. The summed E-state index contributed by atoms with van der Waals surface area (Å²) in [7, 11) is 1.55. The monoisotopic (exact) mass is 543 g/mol. The van der Waals surface area contributed by atoms with Gasteiger partial charge in [-0.25, -0.2) is 8.42 Å². The maximum atomic E-state index is 12.4. The van der Waals surface area contributed by atoms with Gasteiger partial charge in [-0.3, -0.25) is 9.79 Å². The second-order valence-electron chi connectivity index (χ2n) is 6.54. The Morgan fingerprint density at radius 1 is 1.39 bits per heavy atom. The lowest BCUT2D eigenvalue weighted by Crippen LogP contribution is -2.47. The first-order valence-corrected chi connectivity index (χ1v) is 11.4. The van der Waals surface area contributed by atoms with Crippen LogP contribution in [0.3, 0.4) is 0 Å². The minimum Gasteiger partial charge on any atom is -0.359 e. The second kappa shape index (κ2) is 11.9. The molecular weight excluding hydrogens is 513 g/mol. The van der Waals surface area contributed by atoms with Crippen LogP contribution in [-0.2, 0) is 14.8 Å². The minimum atomic E-state index is -3.43. The molecule has 1 fully saturated rings. The van der Waals surface area contributed by atoms with Gasteiger partial charge in [-0.2, -0.15) is 4.31 Å². The fraction of sp³-hybridized carbons (Fsp3) is 0.647. The number of amides is 1. The van der Waals surface area contributed by atoms with Crippen molar-refractivity contribution in [1.29, 1.82) is 0 Å². The molecule has 0 saturated carbocycles. The van der Waals surface area contributed by atoms with Crippen molar-refractivity contribution in [3.63, 3.8) is 0 Å². The van der Waals surface area contributed by atoms with Crippen LogP contribution in [0, 0.1) is 5.92 Å². The molecule has 0 bridgehead atoms. The summed E-state index contributed by atoms with van der Waals surface area (Å²) < 4.78 is 26.6. The number of guanidine groups is 1. The predicted molar refractivity (Wildman–Crippen MR) is 124 cm³/mol. The molecule has 2 N–H and O–H groups in total. The number of carbonyl (C=O) groups is 1. The van der Waals surface area contributed by atoms with Crippen molar-refractivity contribution in [2.45, 2.75) is 23.5 Å². The molecule has 1 aromatic rings. The number of likely N-dealkylation sites (N-methyl/N-ethyl adjacent to an activating group) is 1. The lowest BCUT2D eigenvalue weighted by molar-refractivity contribution is -0.121. The van der Waals surface area contributed by atoms with Gasteiger partial charge in [0.2, 0.25) is 5.91 Å². The Bertz CT molecular complexity index is 732. The zero-order valence-corrected chi connectivity index (χ0v) is 20.5. The Morgan fingerprint density at radius 3 is 2.61 bits per heavy atom. The first kappa shape index (κ1) is 25.1. The van der Waals surface area contributed by atoms with Gasteiger partial charge in [-0.15, -0.1) is 35.3 Å². The van der Waals surface area contributed by atoms with E-state index in [1.165, 1.54) is 15.6 Å². The normalized spacial score (nSPS) is 16.0. The number of thiophene rings is 1. The van der Waals surface area contributed by atoms with Crippen LogP contribution in [-0.4, -0.2) is 76.8 Å². The average molecular weight is 543 g/mol. The molecule has 1 saturated heterocycles. The van der Waals surface area contributed by atoms with Crippen LogP contribution >= 0.6 is 35.3 Å². The summed E-state index contributed by atoms with van der Waals surface area (Å²) in [6.07, 6.45) is 2.46. The predicted octanol–water partition coefficient (Wildman–Crippen LogP) is 1.41. The molecule has 160 valence electrons. The fourth-order valence-electron chi connectivity index (χ4n) is 3.05. The Kier molecular flexibility index (Phi) is 10.7. The molecule has 8 nitrogen and oxygen atoms in total. The summed E-state index contributed by atoms with van der Waals surface area (Å²) in [6, 6.07) is 3.35. The lowest BCUT2D eigenvalue weighted by Gasteiger charge is -2.34. The van der Waals surface area contributed by atoms with Crippen LogP contribution < -0.4 is 10.6 Å². The van der Waals surface area contributed by atoms with Crippen molar-refractivity contribution in [3.8, 4) is 0 Å². The van der Waals surface area contributed by atoms with E-state index in [4.69, 9.17) is 0 Å². The Morgan fingerprint density at radius 2 is 2.07 bits per heavy atom. The third-order valence-electron chi connectivity index (χ3n) is 4.75. The molecule has 2 rings (SSSR count). The van der Waals surface area contributed by atoms with Gasteiger partial charge >= 0.3 is 0 Å². The van der Waals surface area contributed by atoms with E-state index in [0.29, 0.717) is 29.6 Å². The largest absolute Gasteiger partial charge is 0.359 e. The molecule has 1 aliphatic heterocycles. The maximum absolute atomic E-state index is 12.4. The smallest absolute Gasteiger partial charge is 0.252 e. The third-order valence-corrected chi connectivity index (χ3v) is 7.98. The molecule has 1 amide bonds. The summed E-state index contributed by atoms with van der Waals surface area (Å²) in [5.41, 5.74) is 0. The summed E-state index contributed by atoms with van der Waals surface area (Å²) in [4.78, 5) is 18.0. The molecule has 0 spiro atoms. The zero-order valence-electron chi connectivity index (χ0n) is 16.6. The molecule has 1 aliphatic rings. The summed E-state index contributed by atoms with van der Waals surface area (Å²) in [6.45, 7) is 2.51. The van der Waals surface area contributed by atoms with Gasteiger partial charge in [0, 0.05) is 53.7 Å². The third kappa shape index (κ3) is 6.85. The number of halogens is 1. The fourth-order valence-corrected chi connectivity index (χ4v) is 5.43. The molecule has 0 atom stereocenters. The van der Waals surface area contributed by atoms with Crippen molar-refractivity contribution in [1.82, 2.24) is 19.8 Å². The SMILES string of the molecule is CN=C(NCCN(C)S(=O)(=O)c1cccs1)N1CCC(CC(=O)NC)CC1.I. The van der Waals surface area contributed by atoms with E-state index < -0.39 is 10.0 Å². The van der Waals surface area contributed by atoms with E-state index in [-0.39, 0.29) is 29.9 Å². The summed E-state index contributed by atoms with van der Waals surface area (Å²) >= 11 is 1.22. The molecule has 11 heteroatoms. The van der Waals surface area contributed by atoms with Gasteiger partial charge in [0.05, 0.1) is 0 Å². The Hall–Kier alpha value is -0.920. The molecular formula is C17H30IN5O3S2. The molecule has 0 aliphatic carbocycles. The van der Waals surface area contributed by atoms with Gasteiger partial charge in [-0.05, 0) is 30.2 Å². The highest BCUT2D eigenvalue weighted by atomic mass is 127. The average Bonchev–Trinajstić information content (AvgIpc) is 3.21. The lowest BCUT2D eigenvalue weighted by atomic mass is 9.93. The first-order valence-electron chi connectivity index (χ1n) is 9.04. The van der Waals surface area contributed by atoms with Gasteiger partial charge in [0.15, 0.2) is 5.96 Å². The van der Waals surface area contributed by atoms with Crippen molar-refractivity contribution in [3.05, 3.63) is 17.5 Å². The zero-order chi connectivity index (χ0) is 19.9. The van der Waals surface area contributed by atoms with E-state index in [2.05, 4.69) is 20.5 Å². The number of hydrogen-bond acceptors (Lipinski definition) is 5. The molecule has 0 unspecified atom stereocenters. The van der Waals surface area contributed by atoms with Gasteiger partial charge < -0.3 is 15.5 Å². The Labute approximate surface area is 188 Å². The quantitative estimate of drug-likeness (QED) is 0.308. The highest BCUT2D eigenvalue weighted by molar-refractivity contribution is 14.0. The van der Waals surface area contributed by atoms with Crippen molar-refractivity contribution < 1.29 is 13.2 Å². The van der Waals surface area contributed by atoms with E-state index in [1.807, 2.05) is 0 Å². The number of carbonyl (C=O) groups excluding carboxylic acids is 1. The van der Waals surface area contributed by atoms with Gasteiger partial charge in [-0.1, -0.05) is 6.07 Å². The van der Waals surface area contributed by atoms with Crippen LogP contribution in [0.2, 0.25) is 0 Å². The van der Waals surface area contributed by atoms with Crippen LogP contribution in [0.25, 0.3) is 0 Å². The number of hydrogen-bond donors (Lipinski definition) is 2. The number of rotatable bonds is 7. The highest BCUT2D eigenvalue weighted by Crippen LogP contribution is 2.21. The van der Waals surface area contributed by atoms with E-state index in [9.17, 15) is 13.2 Å². The van der Waals surface area contributed by atoms with Gasteiger partial charge in [0.1, 0.15) is 4.21 Å². The van der Waals surface area contributed by atoms with Gasteiger partial charge in [0.25, 0.3) is 10.0 Å². The topological polar surface area (TPSA) is 94.1 Å². The minimum absolute atomic E-state index is 0. The first-order chi connectivity index (χ1) is 12.9. The number of aliphatic imine (C=N–C) groups is 1. The van der Waals surface area contributed by atoms with Crippen LogP contribution in [0.15, 0.2) is 26.7 Å². The van der Waals surface area contributed by atoms with E-state index in [0.717, 1.165) is 31.9 Å². The summed E-state index contributed by atoms with van der Waals surface area (Å²) in [5, 5.41) is 7.68. The van der Waals surface area contributed by atoms with Crippen molar-refractivity contribution in [2.24, 2.45) is 10.9 Å². The maximum Gasteiger partial charge on any atom is 0.252 e. The van der Waals surface area contributed by atoms with E-state index in [1.54, 1.807) is 38.7 Å². The molecule has 0 radical (unpaired) electrons. The van der Waals surface area contributed by atoms with Crippen LogP contribution in [0.1, 0.15) is 19.3 Å². The van der Waals surface area contributed by atoms with Crippen LogP contribution in [0.5, 0.6) is 0 Å². The number of nitrogens with zero attached hydrogens (tertiary/aromatic N) is 3. The van der Waals surface area contributed by atoms with Crippen LogP contribution in [0.4, 0.5) is 0 Å². The molecule has 2 heterocycles. The number of nitrogens with one attached hydrogen (secondary N) is 2. The van der Waals surface area contributed by atoms with Crippen molar-refractivity contribution in [2.75, 3.05) is 47.3 Å². The molecule has 1 aromatic heterocycles. The van der Waals surface area contributed by atoms with E-state index >= 15 is 0 Å². The standard InChI is InChI=1S/C17H29N5O3S2.HI/c1-18-15(23)13-14-6-9-22(10-7-14)17(19-2)20-8-11-21(3)27(24,25)16-5-4-12-26-16;/h4-5,12,14H,6-11,13H2,1-3H3,(H,18,23)(H,19,20);1H.